The van der Waals surface area contributed by atoms with Gasteiger partial charge in [-0.1, -0.05) is 19.9 Å². The van der Waals surface area contributed by atoms with E-state index in [-0.39, 0.29) is 11.2 Å². The summed E-state index contributed by atoms with van der Waals surface area (Å²) in [6.07, 6.45) is 3.37. The summed E-state index contributed by atoms with van der Waals surface area (Å²) in [5, 5.41) is 0. The Bertz CT molecular complexity index is 206. The standard InChI is InChI=1S/C8H14N2O/c1-8(2)4-3-6(10-9)7(11)5-8/h3,10H,4-5,9H2,1-2H3. The molecule has 0 aliphatic heterocycles. The number of nitrogens with one attached hydrogen (secondary N) is 1. The Morgan fingerprint density at radius 1 is 1.64 bits per heavy atom. The number of carbonyl (C=O) groups excluding carboxylic acids is 1. The minimum atomic E-state index is 0.109. The van der Waals surface area contributed by atoms with Crippen molar-refractivity contribution in [3.8, 4) is 0 Å². The van der Waals surface area contributed by atoms with Crippen molar-refractivity contribution in [2.24, 2.45) is 11.3 Å². The highest BCUT2D eigenvalue weighted by Crippen LogP contribution is 2.30. The highest BCUT2D eigenvalue weighted by atomic mass is 16.1. The first-order chi connectivity index (χ1) is 5.05. The van der Waals surface area contributed by atoms with E-state index in [1.54, 1.807) is 0 Å². The molecular weight excluding hydrogens is 140 g/mol. The number of nitrogens with two attached hydrogens (primary N) is 1. The monoisotopic (exact) mass is 154 g/mol. The second-order valence-corrected chi connectivity index (χ2v) is 3.73. The zero-order valence-electron chi connectivity index (χ0n) is 6.98. The maximum absolute atomic E-state index is 11.2. The van der Waals surface area contributed by atoms with Crippen molar-refractivity contribution in [3.63, 3.8) is 0 Å². The number of allylic oxidation sites excluding steroid dienone is 2. The van der Waals surface area contributed by atoms with Gasteiger partial charge in [-0.15, -0.1) is 0 Å². The minimum Gasteiger partial charge on any atom is -0.321 e. The highest BCUT2D eigenvalue weighted by Gasteiger charge is 2.27. The quantitative estimate of drug-likeness (QED) is 0.432. The minimum absolute atomic E-state index is 0.109. The Morgan fingerprint density at radius 2 is 2.27 bits per heavy atom. The molecule has 0 amide bonds. The molecule has 0 saturated heterocycles. The molecule has 0 bridgehead atoms. The first-order valence-electron chi connectivity index (χ1n) is 3.75. The Labute approximate surface area is 66.6 Å². The van der Waals surface area contributed by atoms with Crippen LogP contribution in [-0.4, -0.2) is 5.78 Å². The van der Waals surface area contributed by atoms with E-state index in [9.17, 15) is 4.79 Å². The van der Waals surface area contributed by atoms with Crippen molar-refractivity contribution in [1.82, 2.24) is 5.43 Å². The maximum atomic E-state index is 11.2. The number of hydrogen-bond acceptors (Lipinski definition) is 3. The van der Waals surface area contributed by atoms with Crippen LogP contribution in [0.3, 0.4) is 0 Å². The number of Topliss-reactive ketones (excluding diaryl/α,β-unsaturated/α-hetero) is 1. The van der Waals surface area contributed by atoms with Gasteiger partial charge < -0.3 is 5.43 Å². The molecule has 3 N–H and O–H groups in total. The van der Waals surface area contributed by atoms with Crippen LogP contribution in [0.1, 0.15) is 26.7 Å². The largest absolute Gasteiger partial charge is 0.321 e. The lowest BCUT2D eigenvalue weighted by Crippen LogP contribution is -2.32. The summed E-state index contributed by atoms with van der Waals surface area (Å²) in [5.41, 5.74) is 3.07. The van der Waals surface area contributed by atoms with Crippen LogP contribution in [0.4, 0.5) is 0 Å². The van der Waals surface area contributed by atoms with Crippen molar-refractivity contribution < 1.29 is 4.79 Å². The van der Waals surface area contributed by atoms with Crippen molar-refractivity contribution in [1.29, 1.82) is 0 Å². The average Bonchev–Trinajstić information content (AvgIpc) is 1.86. The molecule has 0 unspecified atom stereocenters. The molecule has 1 aliphatic rings. The van der Waals surface area contributed by atoms with Crippen LogP contribution in [0, 0.1) is 5.41 Å². The van der Waals surface area contributed by atoms with Gasteiger partial charge in [0.2, 0.25) is 0 Å². The average molecular weight is 154 g/mol. The Hall–Kier alpha value is -0.830. The van der Waals surface area contributed by atoms with E-state index in [4.69, 9.17) is 5.84 Å². The van der Waals surface area contributed by atoms with Crippen LogP contribution in [0.2, 0.25) is 0 Å². The summed E-state index contributed by atoms with van der Waals surface area (Å²) in [5.74, 6) is 5.26. The van der Waals surface area contributed by atoms with Gasteiger partial charge >= 0.3 is 0 Å². The fourth-order valence-electron chi connectivity index (χ4n) is 1.23. The van der Waals surface area contributed by atoms with Gasteiger partial charge in [0.15, 0.2) is 5.78 Å². The predicted molar refractivity (Wildman–Crippen MR) is 43.4 cm³/mol. The molecule has 0 aromatic heterocycles. The molecule has 0 heterocycles. The van der Waals surface area contributed by atoms with E-state index >= 15 is 0 Å². The molecule has 1 rings (SSSR count). The summed E-state index contributed by atoms with van der Waals surface area (Å²) in [6.45, 7) is 4.16. The number of hydrogen-bond donors (Lipinski definition) is 2. The van der Waals surface area contributed by atoms with Crippen LogP contribution in [-0.2, 0) is 4.79 Å². The predicted octanol–water partition coefficient (Wildman–Crippen LogP) is 0.723. The molecule has 62 valence electrons. The summed E-state index contributed by atoms with van der Waals surface area (Å²) in [7, 11) is 0. The van der Waals surface area contributed by atoms with Gasteiger partial charge in [0.1, 0.15) is 0 Å². The Kier molecular flexibility index (Phi) is 2.00. The first-order valence-corrected chi connectivity index (χ1v) is 3.75. The first kappa shape index (κ1) is 8.27. The summed E-state index contributed by atoms with van der Waals surface area (Å²) < 4.78 is 0. The van der Waals surface area contributed by atoms with E-state index < -0.39 is 0 Å². The molecule has 0 radical (unpaired) electrons. The lowest BCUT2D eigenvalue weighted by Gasteiger charge is -2.26. The van der Waals surface area contributed by atoms with Crippen LogP contribution in [0.15, 0.2) is 11.8 Å². The van der Waals surface area contributed by atoms with Gasteiger partial charge in [0.25, 0.3) is 0 Å². The Morgan fingerprint density at radius 3 is 2.73 bits per heavy atom. The van der Waals surface area contributed by atoms with E-state index in [0.717, 1.165) is 6.42 Å². The molecule has 3 nitrogen and oxygen atoms in total. The lowest BCUT2D eigenvalue weighted by atomic mass is 9.79. The van der Waals surface area contributed by atoms with Crippen molar-refractivity contribution in [2.75, 3.05) is 0 Å². The van der Waals surface area contributed by atoms with Gasteiger partial charge in [-0.2, -0.15) is 0 Å². The SMILES string of the molecule is CC1(C)CC=C(NN)C(=O)C1. The normalized spacial score (nSPS) is 22.8. The summed E-state index contributed by atoms with van der Waals surface area (Å²) in [6, 6.07) is 0. The van der Waals surface area contributed by atoms with Crippen LogP contribution < -0.4 is 11.3 Å². The topological polar surface area (TPSA) is 55.1 Å². The molecule has 3 heteroatoms. The number of rotatable bonds is 1. The molecule has 1 aliphatic carbocycles. The summed E-state index contributed by atoms with van der Waals surface area (Å²) >= 11 is 0. The molecule has 0 saturated carbocycles. The molecular formula is C8H14N2O. The lowest BCUT2D eigenvalue weighted by molar-refractivity contribution is -0.118. The van der Waals surface area contributed by atoms with Crippen LogP contribution in [0.5, 0.6) is 0 Å². The Balaban J connectivity index is 2.76. The maximum Gasteiger partial charge on any atom is 0.180 e. The third-order valence-corrected chi connectivity index (χ3v) is 1.95. The van der Waals surface area contributed by atoms with E-state index in [1.165, 1.54) is 0 Å². The van der Waals surface area contributed by atoms with Gasteiger partial charge in [-0.25, -0.2) is 0 Å². The van der Waals surface area contributed by atoms with Gasteiger partial charge in [0, 0.05) is 6.42 Å². The molecule has 0 fully saturated rings. The van der Waals surface area contributed by atoms with Gasteiger partial charge in [0.05, 0.1) is 5.70 Å². The molecule has 0 spiro atoms. The fourth-order valence-corrected chi connectivity index (χ4v) is 1.23. The zero-order chi connectivity index (χ0) is 8.48. The van der Waals surface area contributed by atoms with Gasteiger partial charge in [-0.3, -0.25) is 10.6 Å². The number of carbonyl (C=O) groups is 1. The second-order valence-electron chi connectivity index (χ2n) is 3.73. The smallest absolute Gasteiger partial charge is 0.180 e. The fraction of sp³-hybridized carbons (Fsp3) is 0.625. The summed E-state index contributed by atoms with van der Waals surface area (Å²) in [4.78, 5) is 11.2. The molecule has 0 aromatic rings. The van der Waals surface area contributed by atoms with Crippen molar-refractivity contribution >= 4 is 5.78 Å². The molecule has 0 aromatic carbocycles. The number of hydrazine groups is 1. The van der Waals surface area contributed by atoms with E-state index in [1.807, 2.05) is 6.08 Å². The van der Waals surface area contributed by atoms with Crippen LogP contribution >= 0.6 is 0 Å². The van der Waals surface area contributed by atoms with Crippen LogP contribution in [0.25, 0.3) is 0 Å². The molecule has 0 atom stereocenters. The van der Waals surface area contributed by atoms with E-state index in [0.29, 0.717) is 12.1 Å². The zero-order valence-corrected chi connectivity index (χ0v) is 6.98. The van der Waals surface area contributed by atoms with Gasteiger partial charge in [-0.05, 0) is 11.8 Å². The molecule has 11 heavy (non-hydrogen) atoms. The van der Waals surface area contributed by atoms with Crippen molar-refractivity contribution in [3.05, 3.63) is 11.8 Å². The van der Waals surface area contributed by atoms with E-state index in [2.05, 4.69) is 19.3 Å². The second kappa shape index (κ2) is 2.66. The number of ketones is 1. The third-order valence-electron chi connectivity index (χ3n) is 1.95. The highest BCUT2D eigenvalue weighted by molar-refractivity contribution is 5.95. The van der Waals surface area contributed by atoms with Crippen molar-refractivity contribution in [2.45, 2.75) is 26.7 Å². The third kappa shape index (κ3) is 1.80.